The second-order valence-electron chi connectivity index (χ2n) is 5.37. The molecule has 0 bridgehead atoms. The molecule has 1 N–H and O–H groups in total. The molecule has 0 saturated carbocycles. The van der Waals surface area contributed by atoms with Crippen LogP contribution in [-0.4, -0.2) is 31.6 Å². The highest BCUT2D eigenvalue weighted by molar-refractivity contribution is 9.10. The Hall–Kier alpha value is 0.1000. The van der Waals surface area contributed by atoms with E-state index >= 15 is 0 Å². The zero-order chi connectivity index (χ0) is 14.4. The molecule has 0 radical (unpaired) electrons. The highest BCUT2D eigenvalue weighted by Gasteiger charge is 2.21. The summed E-state index contributed by atoms with van der Waals surface area (Å²) in [6.07, 6.45) is 2.50. The van der Waals surface area contributed by atoms with Gasteiger partial charge in [0.2, 0.25) is 0 Å². The van der Waals surface area contributed by atoms with Crippen LogP contribution in [0.3, 0.4) is 0 Å². The minimum atomic E-state index is 0.409. The van der Waals surface area contributed by atoms with Crippen molar-refractivity contribution >= 4 is 27.3 Å². The molecular weight excluding hydrogens is 320 g/mol. The normalized spacial score (nSPS) is 15.2. The molecule has 1 aromatic heterocycles. The van der Waals surface area contributed by atoms with Crippen LogP contribution in [0.15, 0.2) is 15.9 Å². The number of hydrogen-bond donors (Lipinski definition) is 1. The monoisotopic (exact) mass is 346 g/mol. The van der Waals surface area contributed by atoms with Gasteiger partial charge in [0.1, 0.15) is 0 Å². The average molecular weight is 347 g/mol. The van der Waals surface area contributed by atoms with Crippen LogP contribution in [0.1, 0.15) is 44.5 Å². The van der Waals surface area contributed by atoms with Crippen LogP contribution >= 0.6 is 27.3 Å². The van der Waals surface area contributed by atoms with Gasteiger partial charge in [-0.15, -0.1) is 11.3 Å². The number of likely N-dealkylation sites (N-methyl/N-ethyl adjacent to an activating group) is 1. The zero-order valence-corrected chi connectivity index (χ0v) is 15.1. The first-order valence-electron chi connectivity index (χ1n) is 7.13. The van der Waals surface area contributed by atoms with Crippen molar-refractivity contribution in [2.75, 3.05) is 20.6 Å². The van der Waals surface area contributed by atoms with E-state index in [1.54, 1.807) is 0 Å². The van der Waals surface area contributed by atoms with Gasteiger partial charge in [0.25, 0.3) is 0 Å². The van der Waals surface area contributed by atoms with Gasteiger partial charge < -0.3 is 10.2 Å². The van der Waals surface area contributed by atoms with E-state index in [0.29, 0.717) is 12.1 Å². The molecule has 0 aromatic carbocycles. The van der Waals surface area contributed by atoms with E-state index in [-0.39, 0.29) is 0 Å². The van der Waals surface area contributed by atoms with Crippen LogP contribution in [-0.2, 0) is 0 Å². The summed E-state index contributed by atoms with van der Waals surface area (Å²) >= 11 is 5.43. The van der Waals surface area contributed by atoms with Gasteiger partial charge >= 0.3 is 0 Å². The van der Waals surface area contributed by atoms with Crippen LogP contribution < -0.4 is 5.32 Å². The standard InChI is InChI=1S/C15H27BrN2S/c1-6-12(7-2)14(18(4)5)10-17-11(3)15-13(16)8-9-19-15/h8-9,11-12,14,17H,6-7,10H2,1-5H3. The second-order valence-corrected chi connectivity index (χ2v) is 7.17. The third-order valence-corrected chi connectivity index (χ3v) is 5.98. The summed E-state index contributed by atoms with van der Waals surface area (Å²) < 4.78 is 1.22. The summed E-state index contributed by atoms with van der Waals surface area (Å²) in [6.45, 7) is 7.88. The van der Waals surface area contributed by atoms with E-state index in [2.05, 4.69) is 72.5 Å². The van der Waals surface area contributed by atoms with Gasteiger partial charge in [-0.25, -0.2) is 0 Å². The first kappa shape index (κ1) is 17.2. The third kappa shape index (κ3) is 4.85. The Morgan fingerprint density at radius 1 is 1.32 bits per heavy atom. The molecule has 19 heavy (non-hydrogen) atoms. The number of thiophene rings is 1. The fourth-order valence-electron chi connectivity index (χ4n) is 2.61. The number of nitrogens with one attached hydrogen (secondary N) is 1. The maximum atomic E-state index is 3.70. The van der Waals surface area contributed by atoms with E-state index < -0.39 is 0 Å². The molecule has 4 heteroatoms. The largest absolute Gasteiger partial charge is 0.308 e. The molecule has 0 aliphatic heterocycles. The fraction of sp³-hybridized carbons (Fsp3) is 0.733. The molecule has 0 aliphatic carbocycles. The average Bonchev–Trinajstić information content (AvgIpc) is 2.80. The van der Waals surface area contributed by atoms with Crippen LogP contribution in [0.4, 0.5) is 0 Å². The van der Waals surface area contributed by atoms with Gasteiger partial charge in [-0.3, -0.25) is 0 Å². The highest BCUT2D eigenvalue weighted by atomic mass is 79.9. The van der Waals surface area contributed by atoms with Crippen molar-refractivity contribution in [1.29, 1.82) is 0 Å². The molecule has 0 spiro atoms. The number of rotatable bonds is 8. The molecule has 2 unspecified atom stereocenters. The van der Waals surface area contributed by atoms with Crippen molar-refractivity contribution in [3.05, 3.63) is 20.8 Å². The summed E-state index contributed by atoms with van der Waals surface area (Å²) in [5.74, 6) is 0.765. The molecule has 1 heterocycles. The number of nitrogens with zero attached hydrogens (tertiary/aromatic N) is 1. The molecule has 0 saturated heterocycles. The first-order chi connectivity index (χ1) is 9.01. The van der Waals surface area contributed by atoms with Crippen LogP contribution in [0.25, 0.3) is 0 Å². The zero-order valence-electron chi connectivity index (χ0n) is 12.7. The Morgan fingerprint density at radius 2 is 1.95 bits per heavy atom. The van der Waals surface area contributed by atoms with Crippen LogP contribution in [0.5, 0.6) is 0 Å². The van der Waals surface area contributed by atoms with E-state index in [4.69, 9.17) is 0 Å². The topological polar surface area (TPSA) is 15.3 Å². The van der Waals surface area contributed by atoms with Crippen molar-refractivity contribution in [2.24, 2.45) is 5.92 Å². The fourth-order valence-corrected chi connectivity index (χ4v) is 4.36. The van der Waals surface area contributed by atoms with Crippen molar-refractivity contribution in [3.63, 3.8) is 0 Å². The lowest BCUT2D eigenvalue weighted by Crippen LogP contribution is -2.43. The number of halogens is 1. The SMILES string of the molecule is CCC(CC)C(CNC(C)c1sccc1Br)N(C)C. The minimum Gasteiger partial charge on any atom is -0.308 e. The van der Waals surface area contributed by atoms with Crippen molar-refractivity contribution in [3.8, 4) is 0 Å². The van der Waals surface area contributed by atoms with E-state index in [0.717, 1.165) is 12.5 Å². The predicted octanol–water partition coefficient (Wildman–Crippen LogP) is 4.53. The molecule has 0 aliphatic rings. The molecule has 110 valence electrons. The van der Waals surface area contributed by atoms with E-state index in [1.807, 2.05) is 11.3 Å². The summed E-state index contributed by atoms with van der Waals surface area (Å²) in [6, 6.07) is 3.14. The van der Waals surface area contributed by atoms with Crippen molar-refractivity contribution < 1.29 is 0 Å². The quantitative estimate of drug-likeness (QED) is 0.743. The Kier molecular flexibility index (Phi) is 7.58. The lowest BCUT2D eigenvalue weighted by atomic mass is 9.93. The van der Waals surface area contributed by atoms with Crippen LogP contribution in [0, 0.1) is 5.92 Å². The molecule has 2 nitrogen and oxygen atoms in total. The van der Waals surface area contributed by atoms with Crippen molar-refractivity contribution in [2.45, 2.75) is 45.7 Å². The van der Waals surface area contributed by atoms with Gasteiger partial charge in [-0.1, -0.05) is 26.7 Å². The van der Waals surface area contributed by atoms with Crippen molar-refractivity contribution in [1.82, 2.24) is 10.2 Å². The lowest BCUT2D eigenvalue weighted by Gasteiger charge is -2.32. The Labute approximate surface area is 130 Å². The third-order valence-electron chi connectivity index (χ3n) is 3.93. The summed E-state index contributed by atoms with van der Waals surface area (Å²) in [4.78, 5) is 3.75. The summed E-state index contributed by atoms with van der Waals surface area (Å²) in [5.41, 5.74) is 0. The Bertz CT molecular complexity index is 361. The molecular formula is C15H27BrN2S. The van der Waals surface area contributed by atoms with Gasteiger partial charge in [0.05, 0.1) is 0 Å². The molecule has 1 aromatic rings. The smallest absolute Gasteiger partial charge is 0.0398 e. The highest BCUT2D eigenvalue weighted by Crippen LogP contribution is 2.29. The minimum absolute atomic E-state index is 0.409. The maximum absolute atomic E-state index is 3.70. The van der Waals surface area contributed by atoms with Gasteiger partial charge in [-0.2, -0.15) is 0 Å². The Morgan fingerprint density at radius 3 is 2.37 bits per heavy atom. The number of hydrogen-bond acceptors (Lipinski definition) is 3. The summed E-state index contributed by atoms with van der Waals surface area (Å²) in [7, 11) is 4.38. The van der Waals surface area contributed by atoms with Gasteiger partial charge in [0, 0.05) is 28.0 Å². The van der Waals surface area contributed by atoms with Gasteiger partial charge in [0.15, 0.2) is 0 Å². The van der Waals surface area contributed by atoms with E-state index in [9.17, 15) is 0 Å². The lowest BCUT2D eigenvalue weighted by molar-refractivity contribution is 0.190. The Balaban J connectivity index is 2.59. The second kappa shape index (κ2) is 8.40. The molecule has 2 atom stereocenters. The summed E-state index contributed by atoms with van der Waals surface area (Å²) in [5, 5.41) is 5.84. The maximum Gasteiger partial charge on any atom is 0.0398 e. The van der Waals surface area contributed by atoms with Crippen LogP contribution in [0.2, 0.25) is 0 Å². The van der Waals surface area contributed by atoms with Gasteiger partial charge in [-0.05, 0) is 54.3 Å². The molecule has 0 amide bonds. The molecule has 1 rings (SSSR count). The first-order valence-corrected chi connectivity index (χ1v) is 8.81. The van der Waals surface area contributed by atoms with E-state index in [1.165, 1.54) is 22.2 Å². The molecule has 0 fully saturated rings. The predicted molar refractivity (Wildman–Crippen MR) is 90.0 cm³/mol.